The number of ether oxygens (including phenoxy) is 1. The first kappa shape index (κ1) is 19.1. The number of halogens is 1. The lowest BCUT2D eigenvalue weighted by Crippen LogP contribution is -2.27. The van der Waals surface area contributed by atoms with Crippen molar-refractivity contribution in [3.8, 4) is 0 Å². The van der Waals surface area contributed by atoms with Gasteiger partial charge in [0, 0.05) is 24.6 Å². The van der Waals surface area contributed by atoms with E-state index in [1.165, 1.54) is 11.3 Å². The topological polar surface area (TPSA) is 67.4 Å². The summed E-state index contributed by atoms with van der Waals surface area (Å²) in [5, 5.41) is 3.01. The van der Waals surface area contributed by atoms with Crippen LogP contribution in [-0.4, -0.2) is 35.2 Å². The molecule has 0 saturated heterocycles. The molecule has 21 heavy (non-hydrogen) atoms. The van der Waals surface area contributed by atoms with E-state index in [-0.39, 0.29) is 6.54 Å². The van der Waals surface area contributed by atoms with Gasteiger partial charge < -0.3 is 10.1 Å². The van der Waals surface area contributed by atoms with Crippen LogP contribution in [0.3, 0.4) is 0 Å². The van der Waals surface area contributed by atoms with Gasteiger partial charge in [-0.1, -0.05) is 13.8 Å². The Morgan fingerprint density at radius 2 is 2.10 bits per heavy atom. The Hall–Kier alpha value is 0.01000. The van der Waals surface area contributed by atoms with Crippen LogP contribution in [-0.2, 0) is 21.3 Å². The lowest BCUT2D eigenvalue weighted by molar-refractivity contribution is 0.128. The summed E-state index contributed by atoms with van der Waals surface area (Å²) in [6, 6.07) is 1.69. The second kappa shape index (κ2) is 9.22. The van der Waals surface area contributed by atoms with Gasteiger partial charge in [0.15, 0.2) is 0 Å². The lowest BCUT2D eigenvalue weighted by Gasteiger charge is -2.08. The quantitative estimate of drug-likeness (QED) is 0.594. The summed E-state index contributed by atoms with van der Waals surface area (Å²) >= 11 is 4.73. The number of hydrogen-bond acceptors (Lipinski definition) is 5. The SMILES string of the molecule is CNCc1cc(S(=O)(=O)NCCOCCC(C)C)c(Br)s1. The van der Waals surface area contributed by atoms with Crippen LogP contribution in [0.2, 0.25) is 0 Å². The number of rotatable bonds is 10. The highest BCUT2D eigenvalue weighted by atomic mass is 79.9. The molecular weight excluding hydrogens is 376 g/mol. The summed E-state index contributed by atoms with van der Waals surface area (Å²) in [6.07, 6.45) is 0.982. The normalized spacial score (nSPS) is 12.2. The molecule has 122 valence electrons. The molecule has 0 atom stereocenters. The van der Waals surface area contributed by atoms with E-state index in [0.717, 1.165) is 11.3 Å². The molecule has 0 unspecified atom stereocenters. The van der Waals surface area contributed by atoms with E-state index in [9.17, 15) is 8.42 Å². The maximum Gasteiger partial charge on any atom is 0.242 e. The molecule has 0 saturated carbocycles. The molecule has 0 radical (unpaired) electrons. The Kier molecular flexibility index (Phi) is 8.36. The molecule has 0 amide bonds. The van der Waals surface area contributed by atoms with Crippen LogP contribution in [0, 0.1) is 5.92 Å². The van der Waals surface area contributed by atoms with Gasteiger partial charge in [0.1, 0.15) is 4.90 Å². The third kappa shape index (κ3) is 6.75. The molecule has 8 heteroatoms. The fourth-order valence-electron chi connectivity index (χ4n) is 1.59. The van der Waals surface area contributed by atoms with Crippen molar-refractivity contribution in [3.05, 3.63) is 14.7 Å². The predicted molar refractivity (Wildman–Crippen MR) is 90.2 cm³/mol. The Morgan fingerprint density at radius 1 is 1.38 bits per heavy atom. The van der Waals surface area contributed by atoms with E-state index in [1.807, 2.05) is 7.05 Å². The van der Waals surface area contributed by atoms with Crippen LogP contribution >= 0.6 is 27.3 Å². The molecule has 1 aromatic rings. The molecule has 5 nitrogen and oxygen atoms in total. The summed E-state index contributed by atoms with van der Waals surface area (Å²) in [7, 11) is -1.66. The van der Waals surface area contributed by atoms with Gasteiger partial charge in [-0.05, 0) is 41.4 Å². The molecule has 0 aliphatic heterocycles. The Bertz CT molecular complexity index is 530. The molecular formula is C13H23BrN2O3S2. The summed E-state index contributed by atoms with van der Waals surface area (Å²) in [6.45, 7) is 6.23. The van der Waals surface area contributed by atoms with Gasteiger partial charge in [-0.2, -0.15) is 0 Å². The molecule has 1 aromatic heterocycles. The van der Waals surface area contributed by atoms with E-state index in [2.05, 4.69) is 39.8 Å². The van der Waals surface area contributed by atoms with Crippen LogP contribution in [0.4, 0.5) is 0 Å². The van der Waals surface area contributed by atoms with Gasteiger partial charge in [-0.25, -0.2) is 13.1 Å². The Morgan fingerprint density at radius 3 is 2.71 bits per heavy atom. The summed E-state index contributed by atoms with van der Waals surface area (Å²) in [5.74, 6) is 0.592. The molecule has 0 aliphatic rings. The monoisotopic (exact) mass is 398 g/mol. The van der Waals surface area contributed by atoms with Crippen molar-refractivity contribution >= 4 is 37.3 Å². The summed E-state index contributed by atoms with van der Waals surface area (Å²) in [4.78, 5) is 1.26. The number of sulfonamides is 1. The van der Waals surface area contributed by atoms with Crippen molar-refractivity contribution in [3.63, 3.8) is 0 Å². The molecule has 1 heterocycles. The molecule has 2 N–H and O–H groups in total. The number of thiophene rings is 1. The van der Waals surface area contributed by atoms with Gasteiger partial charge in [0.2, 0.25) is 10.0 Å². The van der Waals surface area contributed by atoms with Gasteiger partial charge in [-0.3, -0.25) is 0 Å². The molecule has 0 aliphatic carbocycles. The largest absolute Gasteiger partial charge is 0.380 e. The minimum absolute atomic E-state index is 0.282. The second-order valence-corrected chi connectivity index (χ2v) is 9.26. The van der Waals surface area contributed by atoms with Crippen molar-refractivity contribution in [2.24, 2.45) is 5.92 Å². The first-order valence-electron chi connectivity index (χ1n) is 6.87. The highest BCUT2D eigenvalue weighted by molar-refractivity contribution is 9.11. The third-order valence-corrected chi connectivity index (χ3v) is 6.44. The first-order chi connectivity index (χ1) is 9.86. The number of hydrogen-bond donors (Lipinski definition) is 2. The van der Waals surface area contributed by atoms with Crippen molar-refractivity contribution in [2.45, 2.75) is 31.7 Å². The Balaban J connectivity index is 2.46. The second-order valence-electron chi connectivity index (χ2n) is 5.07. The highest BCUT2D eigenvalue weighted by Gasteiger charge is 2.20. The van der Waals surface area contributed by atoms with E-state index < -0.39 is 10.0 Å². The Labute approximate surface area is 139 Å². The number of nitrogens with one attached hydrogen (secondary N) is 2. The van der Waals surface area contributed by atoms with E-state index in [1.54, 1.807) is 6.07 Å². The fourth-order valence-corrected chi connectivity index (χ4v) is 5.29. The van der Waals surface area contributed by atoms with Crippen molar-refractivity contribution in [1.29, 1.82) is 0 Å². The molecule has 0 aromatic carbocycles. The zero-order valence-electron chi connectivity index (χ0n) is 12.6. The lowest BCUT2D eigenvalue weighted by atomic mass is 10.1. The van der Waals surface area contributed by atoms with E-state index >= 15 is 0 Å². The van der Waals surface area contributed by atoms with E-state index in [4.69, 9.17) is 4.74 Å². The summed E-state index contributed by atoms with van der Waals surface area (Å²) in [5.41, 5.74) is 0. The summed E-state index contributed by atoms with van der Waals surface area (Å²) < 4.78 is 33.0. The highest BCUT2D eigenvalue weighted by Crippen LogP contribution is 2.31. The fraction of sp³-hybridized carbons (Fsp3) is 0.692. The molecule has 0 spiro atoms. The average Bonchev–Trinajstić information content (AvgIpc) is 2.75. The van der Waals surface area contributed by atoms with Gasteiger partial charge >= 0.3 is 0 Å². The maximum atomic E-state index is 12.2. The van der Waals surface area contributed by atoms with Gasteiger partial charge in [0.25, 0.3) is 0 Å². The van der Waals surface area contributed by atoms with Crippen molar-refractivity contribution < 1.29 is 13.2 Å². The van der Waals surface area contributed by atoms with Crippen LogP contribution < -0.4 is 10.0 Å². The van der Waals surface area contributed by atoms with E-state index in [0.29, 0.717) is 34.4 Å². The van der Waals surface area contributed by atoms with Crippen LogP contribution in [0.15, 0.2) is 14.7 Å². The van der Waals surface area contributed by atoms with Crippen LogP contribution in [0.1, 0.15) is 25.1 Å². The minimum atomic E-state index is -3.49. The third-order valence-electron chi connectivity index (χ3n) is 2.73. The molecule has 0 bridgehead atoms. The smallest absolute Gasteiger partial charge is 0.242 e. The zero-order chi connectivity index (χ0) is 15.9. The molecule has 0 fully saturated rings. The first-order valence-corrected chi connectivity index (χ1v) is 9.96. The standard InChI is InChI=1S/C13H23BrN2O3S2/c1-10(2)4-6-19-7-5-16-21(17,18)12-8-11(9-15-3)20-13(12)14/h8,10,15-16H,4-7,9H2,1-3H3. The van der Waals surface area contributed by atoms with Crippen molar-refractivity contribution in [2.75, 3.05) is 26.8 Å². The van der Waals surface area contributed by atoms with Crippen LogP contribution in [0.5, 0.6) is 0 Å². The average molecular weight is 399 g/mol. The van der Waals surface area contributed by atoms with Gasteiger partial charge in [0.05, 0.1) is 10.4 Å². The van der Waals surface area contributed by atoms with Crippen LogP contribution in [0.25, 0.3) is 0 Å². The predicted octanol–water partition coefficient (Wildman–Crippen LogP) is 2.57. The molecule has 1 rings (SSSR count). The minimum Gasteiger partial charge on any atom is -0.380 e. The zero-order valence-corrected chi connectivity index (χ0v) is 15.8. The van der Waals surface area contributed by atoms with Crippen molar-refractivity contribution in [1.82, 2.24) is 10.0 Å². The maximum absolute atomic E-state index is 12.2. The van der Waals surface area contributed by atoms with Gasteiger partial charge in [-0.15, -0.1) is 11.3 Å².